The number of nitrogens with one attached hydrogen (secondary N) is 1. The molecule has 2 atom stereocenters. The summed E-state index contributed by atoms with van der Waals surface area (Å²) < 4.78 is 17.0. The van der Waals surface area contributed by atoms with E-state index < -0.39 is 0 Å². The molecule has 2 rings (SSSR count). The standard InChI is InChI=1S/C17H27NO3/c1-3-9-18-11-16-7-8-17(21-16)13-20-12-14-5-4-6-15(10-14)19-2/h4-6,10,16-18H,3,7-9,11-13H2,1-2H3. The number of methoxy groups -OCH3 is 1. The maximum atomic E-state index is 5.98. The van der Waals surface area contributed by atoms with Gasteiger partial charge in [0.1, 0.15) is 5.75 Å². The maximum Gasteiger partial charge on any atom is 0.119 e. The predicted octanol–water partition coefficient (Wildman–Crippen LogP) is 2.76. The van der Waals surface area contributed by atoms with Crippen LogP contribution in [0.4, 0.5) is 0 Å². The van der Waals surface area contributed by atoms with Crippen LogP contribution in [0.1, 0.15) is 31.7 Å². The molecule has 0 bridgehead atoms. The van der Waals surface area contributed by atoms with Gasteiger partial charge in [-0.25, -0.2) is 0 Å². The van der Waals surface area contributed by atoms with E-state index in [0.29, 0.717) is 19.3 Å². The molecule has 0 aromatic heterocycles. The molecule has 1 fully saturated rings. The van der Waals surface area contributed by atoms with Crippen LogP contribution in [0.3, 0.4) is 0 Å². The quantitative estimate of drug-likeness (QED) is 0.711. The van der Waals surface area contributed by atoms with E-state index in [-0.39, 0.29) is 6.10 Å². The van der Waals surface area contributed by atoms with Gasteiger partial charge in [-0.3, -0.25) is 0 Å². The molecule has 1 heterocycles. The largest absolute Gasteiger partial charge is 0.497 e. The van der Waals surface area contributed by atoms with Gasteiger partial charge in [-0.2, -0.15) is 0 Å². The zero-order chi connectivity index (χ0) is 14.9. The molecule has 1 aromatic carbocycles. The van der Waals surface area contributed by atoms with Crippen molar-refractivity contribution in [2.45, 2.75) is 45.0 Å². The molecule has 1 aliphatic heterocycles. The highest BCUT2D eigenvalue weighted by Gasteiger charge is 2.24. The molecule has 21 heavy (non-hydrogen) atoms. The van der Waals surface area contributed by atoms with Crippen molar-refractivity contribution in [3.8, 4) is 5.75 Å². The van der Waals surface area contributed by atoms with Crippen molar-refractivity contribution in [3.63, 3.8) is 0 Å². The lowest BCUT2D eigenvalue weighted by Gasteiger charge is -2.14. The summed E-state index contributed by atoms with van der Waals surface area (Å²) in [6, 6.07) is 7.99. The zero-order valence-corrected chi connectivity index (χ0v) is 13.1. The number of benzene rings is 1. The molecule has 1 saturated heterocycles. The molecule has 4 nitrogen and oxygen atoms in total. The summed E-state index contributed by atoms with van der Waals surface area (Å²) in [5.41, 5.74) is 1.13. The molecule has 0 amide bonds. The van der Waals surface area contributed by atoms with Crippen LogP contribution in [0.2, 0.25) is 0 Å². The van der Waals surface area contributed by atoms with Crippen molar-refractivity contribution in [2.24, 2.45) is 0 Å². The van der Waals surface area contributed by atoms with E-state index in [1.165, 1.54) is 6.42 Å². The predicted molar refractivity (Wildman–Crippen MR) is 83.7 cm³/mol. The number of ether oxygens (including phenoxy) is 3. The van der Waals surface area contributed by atoms with E-state index in [2.05, 4.69) is 18.3 Å². The maximum absolute atomic E-state index is 5.98. The molecule has 118 valence electrons. The fourth-order valence-electron chi connectivity index (χ4n) is 2.56. The van der Waals surface area contributed by atoms with Gasteiger partial charge in [-0.1, -0.05) is 19.1 Å². The van der Waals surface area contributed by atoms with Crippen molar-refractivity contribution in [1.82, 2.24) is 5.32 Å². The third-order valence-electron chi connectivity index (χ3n) is 3.70. The third-order valence-corrected chi connectivity index (χ3v) is 3.70. The second-order valence-electron chi connectivity index (χ2n) is 5.53. The smallest absolute Gasteiger partial charge is 0.119 e. The molecule has 2 unspecified atom stereocenters. The summed E-state index contributed by atoms with van der Waals surface area (Å²) >= 11 is 0. The Labute approximate surface area is 127 Å². The highest BCUT2D eigenvalue weighted by atomic mass is 16.5. The first-order valence-corrected chi connectivity index (χ1v) is 7.88. The average Bonchev–Trinajstić information content (AvgIpc) is 2.96. The number of hydrogen-bond acceptors (Lipinski definition) is 4. The van der Waals surface area contributed by atoms with Crippen molar-refractivity contribution >= 4 is 0 Å². The van der Waals surface area contributed by atoms with E-state index >= 15 is 0 Å². The first-order valence-electron chi connectivity index (χ1n) is 7.88. The molecule has 1 aromatic rings. The van der Waals surface area contributed by atoms with Crippen molar-refractivity contribution in [3.05, 3.63) is 29.8 Å². The highest BCUT2D eigenvalue weighted by Crippen LogP contribution is 2.20. The molecule has 4 heteroatoms. The minimum Gasteiger partial charge on any atom is -0.497 e. The van der Waals surface area contributed by atoms with Gasteiger partial charge in [0, 0.05) is 6.54 Å². The number of rotatable bonds is 9. The van der Waals surface area contributed by atoms with E-state index in [1.54, 1.807) is 7.11 Å². The lowest BCUT2D eigenvalue weighted by Crippen LogP contribution is -2.28. The van der Waals surface area contributed by atoms with Crippen LogP contribution in [0.25, 0.3) is 0 Å². The van der Waals surface area contributed by atoms with Gasteiger partial charge in [-0.05, 0) is 43.5 Å². The first kappa shape index (κ1) is 16.3. The summed E-state index contributed by atoms with van der Waals surface area (Å²) in [4.78, 5) is 0. The number of hydrogen-bond donors (Lipinski definition) is 1. The molecule has 0 saturated carbocycles. The van der Waals surface area contributed by atoms with E-state index in [1.807, 2.05) is 18.2 Å². The molecule has 1 aliphatic rings. The summed E-state index contributed by atoms with van der Waals surface area (Å²) in [6.07, 6.45) is 3.98. The molecular formula is C17H27NO3. The van der Waals surface area contributed by atoms with E-state index in [9.17, 15) is 0 Å². The van der Waals surface area contributed by atoms with Gasteiger partial charge in [0.2, 0.25) is 0 Å². The Bertz CT molecular complexity index is 411. The normalized spacial score (nSPS) is 21.6. The van der Waals surface area contributed by atoms with Crippen molar-refractivity contribution in [1.29, 1.82) is 0 Å². The molecule has 0 radical (unpaired) electrons. The van der Waals surface area contributed by atoms with Crippen molar-refractivity contribution < 1.29 is 14.2 Å². The van der Waals surface area contributed by atoms with Crippen LogP contribution >= 0.6 is 0 Å². The summed E-state index contributed by atoms with van der Waals surface area (Å²) in [7, 11) is 1.68. The van der Waals surface area contributed by atoms with Gasteiger partial charge < -0.3 is 19.5 Å². The SMILES string of the molecule is CCCNCC1CCC(COCc2cccc(OC)c2)O1. The second-order valence-corrected chi connectivity index (χ2v) is 5.53. The molecule has 0 aliphatic carbocycles. The minimum atomic E-state index is 0.240. The zero-order valence-electron chi connectivity index (χ0n) is 13.1. The molecule has 1 N–H and O–H groups in total. The first-order chi connectivity index (χ1) is 10.3. The molecular weight excluding hydrogens is 266 g/mol. The summed E-state index contributed by atoms with van der Waals surface area (Å²) in [5.74, 6) is 0.871. The Hall–Kier alpha value is -1.10. The third kappa shape index (κ3) is 5.65. The topological polar surface area (TPSA) is 39.7 Å². The average molecular weight is 293 g/mol. The van der Waals surface area contributed by atoms with E-state index in [0.717, 1.165) is 37.2 Å². The minimum absolute atomic E-state index is 0.240. The Morgan fingerprint density at radius 3 is 2.95 bits per heavy atom. The van der Waals surface area contributed by atoms with Gasteiger partial charge in [0.15, 0.2) is 0 Å². The Morgan fingerprint density at radius 2 is 2.14 bits per heavy atom. The fraction of sp³-hybridized carbons (Fsp3) is 0.647. The summed E-state index contributed by atoms with van der Waals surface area (Å²) in [5, 5.41) is 3.41. The second kappa shape index (κ2) is 9.03. The highest BCUT2D eigenvalue weighted by molar-refractivity contribution is 5.27. The fourth-order valence-corrected chi connectivity index (χ4v) is 2.56. The van der Waals surface area contributed by atoms with Gasteiger partial charge in [-0.15, -0.1) is 0 Å². The molecule has 0 spiro atoms. The van der Waals surface area contributed by atoms with Crippen LogP contribution in [0, 0.1) is 0 Å². The van der Waals surface area contributed by atoms with Crippen LogP contribution in [-0.4, -0.2) is 39.0 Å². The monoisotopic (exact) mass is 293 g/mol. The van der Waals surface area contributed by atoms with Crippen LogP contribution in [-0.2, 0) is 16.1 Å². The van der Waals surface area contributed by atoms with Gasteiger partial charge >= 0.3 is 0 Å². The van der Waals surface area contributed by atoms with Crippen LogP contribution in [0.5, 0.6) is 5.75 Å². The Balaban J connectivity index is 1.63. The Kier molecular flexibility index (Phi) is 7.00. The van der Waals surface area contributed by atoms with Gasteiger partial charge in [0.05, 0.1) is 32.5 Å². The van der Waals surface area contributed by atoms with Gasteiger partial charge in [0.25, 0.3) is 0 Å². The van der Waals surface area contributed by atoms with Crippen LogP contribution < -0.4 is 10.1 Å². The van der Waals surface area contributed by atoms with E-state index in [4.69, 9.17) is 14.2 Å². The Morgan fingerprint density at radius 1 is 1.29 bits per heavy atom. The van der Waals surface area contributed by atoms with Crippen molar-refractivity contribution in [2.75, 3.05) is 26.8 Å². The van der Waals surface area contributed by atoms with Crippen LogP contribution in [0.15, 0.2) is 24.3 Å². The lowest BCUT2D eigenvalue weighted by molar-refractivity contribution is -0.0189. The summed E-state index contributed by atoms with van der Waals surface area (Å²) in [6.45, 7) is 5.48. The lowest BCUT2D eigenvalue weighted by atomic mass is 10.2.